The lowest BCUT2D eigenvalue weighted by Crippen LogP contribution is -2.26. The number of unbranched alkanes of at least 4 members (excludes halogenated alkanes) is 6. The Balaban J connectivity index is 1.62. The molecule has 230 valence electrons. The topological polar surface area (TPSA) is 72.8 Å². The molecule has 2 saturated carbocycles. The normalized spacial score (nSPS) is 23.8. The van der Waals surface area contributed by atoms with Gasteiger partial charge in [-0.3, -0.25) is 0 Å². The van der Waals surface area contributed by atoms with Gasteiger partial charge in [-0.05, 0) is 62.7 Å². The van der Waals surface area contributed by atoms with E-state index in [4.69, 9.17) is 14.6 Å². The highest BCUT2D eigenvalue weighted by atomic mass is 16.5. The Labute approximate surface area is 245 Å². The standard InChI is InChI=1S/C35H60O5/c1-5-6-7-8-9-10-11-13-29-16-20-32(21-17-29)33-22-18-30(19-23-33)14-12-15-31(25-39-34(37)27(2)3)26-40-35(38)28(4)24-36/h29-33,36H,2,4-26H2,1,3H3. The molecule has 0 aromatic heterocycles. The first kappa shape index (κ1) is 34.6. The van der Waals surface area contributed by atoms with Crippen LogP contribution in [0.15, 0.2) is 24.3 Å². The van der Waals surface area contributed by atoms with Crippen LogP contribution in [-0.4, -0.2) is 36.9 Å². The molecule has 0 spiro atoms. The van der Waals surface area contributed by atoms with E-state index in [1.54, 1.807) is 6.92 Å². The molecule has 5 heteroatoms. The molecule has 0 bridgehead atoms. The van der Waals surface area contributed by atoms with Crippen LogP contribution >= 0.6 is 0 Å². The van der Waals surface area contributed by atoms with Crippen LogP contribution < -0.4 is 0 Å². The summed E-state index contributed by atoms with van der Waals surface area (Å²) >= 11 is 0. The average molecular weight is 561 g/mol. The summed E-state index contributed by atoms with van der Waals surface area (Å²) in [7, 11) is 0. The van der Waals surface area contributed by atoms with E-state index in [-0.39, 0.29) is 24.7 Å². The molecule has 1 N–H and O–H groups in total. The van der Waals surface area contributed by atoms with Crippen molar-refractivity contribution >= 4 is 11.9 Å². The second-order valence-corrected chi connectivity index (χ2v) is 13.0. The van der Waals surface area contributed by atoms with Crippen LogP contribution in [0.2, 0.25) is 0 Å². The number of esters is 2. The fourth-order valence-electron chi connectivity index (χ4n) is 6.87. The second-order valence-electron chi connectivity index (χ2n) is 13.0. The van der Waals surface area contributed by atoms with Crippen molar-refractivity contribution in [2.75, 3.05) is 19.8 Å². The Hall–Kier alpha value is -1.62. The maximum Gasteiger partial charge on any atom is 0.335 e. The minimum absolute atomic E-state index is 0.0380. The van der Waals surface area contributed by atoms with Crippen LogP contribution in [0.5, 0.6) is 0 Å². The molecular weight excluding hydrogens is 500 g/mol. The van der Waals surface area contributed by atoms with Gasteiger partial charge in [-0.15, -0.1) is 0 Å². The SMILES string of the molecule is C=C(C)C(=O)OCC(CCCC1CCC(C2CCC(CCCCCCCCC)CC2)CC1)COC(=O)C(=C)CO. The minimum atomic E-state index is -0.594. The smallest absolute Gasteiger partial charge is 0.335 e. The molecule has 1 unspecified atom stereocenters. The third kappa shape index (κ3) is 13.8. The highest BCUT2D eigenvalue weighted by Gasteiger charge is 2.30. The van der Waals surface area contributed by atoms with Crippen molar-refractivity contribution in [1.82, 2.24) is 0 Å². The van der Waals surface area contributed by atoms with Crippen LogP contribution in [0.1, 0.15) is 136 Å². The zero-order valence-electron chi connectivity index (χ0n) is 25.9. The highest BCUT2D eigenvalue weighted by molar-refractivity contribution is 5.88. The molecule has 0 amide bonds. The number of aliphatic hydroxyl groups is 1. The Kier molecular flexibility index (Phi) is 17.5. The van der Waals surface area contributed by atoms with Crippen LogP contribution in [-0.2, 0) is 19.1 Å². The highest BCUT2D eigenvalue weighted by Crippen LogP contribution is 2.43. The molecule has 0 radical (unpaired) electrons. The molecule has 0 aromatic carbocycles. The van der Waals surface area contributed by atoms with Crippen LogP contribution in [0, 0.1) is 29.6 Å². The number of hydrogen-bond acceptors (Lipinski definition) is 5. The molecule has 1 atom stereocenters. The van der Waals surface area contributed by atoms with Crippen molar-refractivity contribution in [2.24, 2.45) is 29.6 Å². The largest absolute Gasteiger partial charge is 0.462 e. The summed E-state index contributed by atoms with van der Waals surface area (Å²) < 4.78 is 10.7. The third-order valence-corrected chi connectivity index (χ3v) is 9.62. The average Bonchev–Trinajstić information content (AvgIpc) is 2.97. The monoisotopic (exact) mass is 560 g/mol. The van der Waals surface area contributed by atoms with Gasteiger partial charge in [-0.2, -0.15) is 0 Å². The minimum Gasteiger partial charge on any atom is -0.462 e. The van der Waals surface area contributed by atoms with Gasteiger partial charge in [0.2, 0.25) is 0 Å². The molecule has 5 nitrogen and oxygen atoms in total. The van der Waals surface area contributed by atoms with E-state index in [9.17, 15) is 9.59 Å². The van der Waals surface area contributed by atoms with Crippen molar-refractivity contribution in [3.8, 4) is 0 Å². The van der Waals surface area contributed by atoms with Gasteiger partial charge in [0, 0.05) is 11.5 Å². The van der Waals surface area contributed by atoms with Crippen molar-refractivity contribution in [2.45, 2.75) is 136 Å². The molecule has 2 aliphatic carbocycles. The van der Waals surface area contributed by atoms with E-state index in [2.05, 4.69) is 20.1 Å². The predicted molar refractivity (Wildman–Crippen MR) is 164 cm³/mol. The number of carbonyl (C=O) groups is 2. The van der Waals surface area contributed by atoms with Crippen LogP contribution in [0.3, 0.4) is 0 Å². The number of ether oxygens (including phenoxy) is 2. The van der Waals surface area contributed by atoms with Crippen molar-refractivity contribution in [1.29, 1.82) is 0 Å². The summed E-state index contributed by atoms with van der Waals surface area (Å²) in [6.07, 6.45) is 25.8. The number of hydrogen-bond donors (Lipinski definition) is 1. The zero-order valence-corrected chi connectivity index (χ0v) is 25.9. The van der Waals surface area contributed by atoms with Gasteiger partial charge in [0.25, 0.3) is 0 Å². The van der Waals surface area contributed by atoms with E-state index >= 15 is 0 Å². The Morgan fingerprint density at radius 3 is 1.70 bits per heavy atom. The second kappa shape index (κ2) is 20.3. The van der Waals surface area contributed by atoms with Gasteiger partial charge in [-0.1, -0.05) is 110 Å². The molecule has 0 aliphatic heterocycles. The summed E-state index contributed by atoms with van der Waals surface area (Å²) in [5.41, 5.74) is 0.402. The summed E-state index contributed by atoms with van der Waals surface area (Å²) in [6.45, 7) is 11.0. The lowest BCUT2D eigenvalue weighted by atomic mass is 9.68. The maximum atomic E-state index is 11.9. The number of carbonyl (C=O) groups excluding carboxylic acids is 2. The van der Waals surface area contributed by atoms with E-state index in [1.807, 2.05) is 0 Å². The first-order valence-corrected chi connectivity index (χ1v) is 16.6. The molecule has 0 saturated heterocycles. The van der Waals surface area contributed by atoms with Crippen LogP contribution in [0.25, 0.3) is 0 Å². The van der Waals surface area contributed by atoms with E-state index in [0.29, 0.717) is 5.57 Å². The lowest BCUT2D eigenvalue weighted by Gasteiger charge is -2.38. The molecule has 2 fully saturated rings. The first-order valence-electron chi connectivity index (χ1n) is 16.6. The van der Waals surface area contributed by atoms with Gasteiger partial charge in [0.1, 0.15) is 0 Å². The van der Waals surface area contributed by atoms with Gasteiger partial charge >= 0.3 is 11.9 Å². The summed E-state index contributed by atoms with van der Waals surface area (Å²) in [5.74, 6) is 2.59. The Morgan fingerprint density at radius 1 is 0.725 bits per heavy atom. The Bertz CT molecular complexity index is 743. The Morgan fingerprint density at radius 2 is 1.20 bits per heavy atom. The number of rotatable bonds is 20. The number of aliphatic hydroxyl groups excluding tert-OH is 1. The summed E-state index contributed by atoms with van der Waals surface area (Å²) in [4.78, 5) is 23.8. The fourth-order valence-corrected chi connectivity index (χ4v) is 6.87. The third-order valence-electron chi connectivity index (χ3n) is 9.62. The molecule has 40 heavy (non-hydrogen) atoms. The quantitative estimate of drug-likeness (QED) is 0.0915. The van der Waals surface area contributed by atoms with Crippen molar-refractivity contribution in [3.63, 3.8) is 0 Å². The fraction of sp³-hybridized carbons (Fsp3) is 0.829. The lowest BCUT2D eigenvalue weighted by molar-refractivity contribution is -0.144. The van der Waals surface area contributed by atoms with Crippen molar-refractivity contribution in [3.05, 3.63) is 24.3 Å². The van der Waals surface area contributed by atoms with Gasteiger partial charge in [-0.25, -0.2) is 9.59 Å². The van der Waals surface area contributed by atoms with Crippen LogP contribution in [0.4, 0.5) is 0 Å². The van der Waals surface area contributed by atoms with Crippen molar-refractivity contribution < 1.29 is 24.2 Å². The molecule has 2 aliphatic rings. The maximum absolute atomic E-state index is 11.9. The first-order chi connectivity index (χ1) is 19.3. The predicted octanol–water partition coefficient (Wildman–Crippen LogP) is 8.74. The van der Waals surface area contributed by atoms with E-state index < -0.39 is 18.5 Å². The molecule has 2 rings (SSSR count). The zero-order chi connectivity index (χ0) is 29.2. The molecule has 0 heterocycles. The molecular formula is C35H60O5. The van der Waals surface area contributed by atoms with Gasteiger partial charge in [0.15, 0.2) is 0 Å². The van der Waals surface area contributed by atoms with E-state index in [0.717, 1.165) is 36.5 Å². The summed E-state index contributed by atoms with van der Waals surface area (Å²) in [5, 5.41) is 9.10. The molecule has 0 aromatic rings. The summed E-state index contributed by atoms with van der Waals surface area (Å²) in [6, 6.07) is 0. The van der Waals surface area contributed by atoms with Gasteiger partial charge in [0.05, 0.1) is 25.4 Å². The van der Waals surface area contributed by atoms with Gasteiger partial charge < -0.3 is 14.6 Å². The van der Waals surface area contributed by atoms with E-state index in [1.165, 1.54) is 109 Å².